The molecule has 0 radical (unpaired) electrons. The van der Waals surface area contributed by atoms with Crippen LogP contribution in [0.1, 0.15) is 27.3 Å². The lowest BCUT2D eigenvalue weighted by atomic mass is 10.2. The minimum atomic E-state index is -1.02. The molecule has 2 aromatic rings. The van der Waals surface area contributed by atoms with Crippen LogP contribution >= 0.6 is 11.3 Å². The molecular weight excluding hydrogens is 325 g/mol. The number of carboxylic acids is 1. The molecule has 1 aromatic carbocycles. The second kappa shape index (κ2) is 7.45. The van der Waals surface area contributed by atoms with Gasteiger partial charge in [-0.25, -0.2) is 9.37 Å². The fraction of sp³-hybridized carbons (Fsp3) is 0.143. The summed E-state index contributed by atoms with van der Waals surface area (Å²) in [5, 5.41) is 15.0. The van der Waals surface area contributed by atoms with Gasteiger partial charge in [0.15, 0.2) is 5.13 Å². The van der Waals surface area contributed by atoms with Crippen LogP contribution in [0.5, 0.6) is 0 Å². The minimum absolute atomic E-state index is 0.0109. The van der Waals surface area contributed by atoms with E-state index in [2.05, 4.69) is 15.6 Å². The molecular formula is C14H12FN3O4S. The lowest BCUT2D eigenvalue weighted by molar-refractivity contribution is -0.136. The molecule has 0 saturated heterocycles. The van der Waals surface area contributed by atoms with Crippen LogP contribution in [0.3, 0.4) is 0 Å². The molecule has 120 valence electrons. The number of aliphatic carboxylic acids is 1. The number of hydrogen-bond acceptors (Lipinski definition) is 5. The number of nitrogens with one attached hydrogen (secondary N) is 2. The van der Waals surface area contributed by atoms with Crippen molar-refractivity contribution in [2.45, 2.75) is 6.42 Å². The van der Waals surface area contributed by atoms with Crippen LogP contribution in [0.2, 0.25) is 0 Å². The van der Waals surface area contributed by atoms with Gasteiger partial charge < -0.3 is 10.4 Å². The summed E-state index contributed by atoms with van der Waals surface area (Å²) in [6.45, 7) is -0.0109. The van der Waals surface area contributed by atoms with Crippen LogP contribution in [-0.4, -0.2) is 34.4 Å². The van der Waals surface area contributed by atoms with E-state index in [1.807, 2.05) is 0 Å². The highest BCUT2D eigenvalue weighted by atomic mass is 32.1. The number of benzene rings is 1. The molecule has 0 aliphatic heterocycles. The van der Waals surface area contributed by atoms with Crippen LogP contribution in [0, 0.1) is 5.82 Å². The van der Waals surface area contributed by atoms with Crippen molar-refractivity contribution in [3.63, 3.8) is 0 Å². The van der Waals surface area contributed by atoms with Gasteiger partial charge in [0, 0.05) is 17.5 Å². The van der Waals surface area contributed by atoms with Gasteiger partial charge in [-0.3, -0.25) is 19.7 Å². The highest BCUT2D eigenvalue weighted by Gasteiger charge is 2.13. The Morgan fingerprint density at radius 1 is 1.17 bits per heavy atom. The summed E-state index contributed by atoms with van der Waals surface area (Å²) in [7, 11) is 0. The number of carbonyl (C=O) groups excluding carboxylic acids is 2. The van der Waals surface area contributed by atoms with Crippen LogP contribution in [0.4, 0.5) is 9.52 Å². The molecule has 3 N–H and O–H groups in total. The maximum Gasteiger partial charge on any atom is 0.305 e. The molecule has 7 nitrogen and oxygen atoms in total. The quantitative estimate of drug-likeness (QED) is 0.744. The van der Waals surface area contributed by atoms with Crippen molar-refractivity contribution >= 4 is 34.3 Å². The summed E-state index contributed by atoms with van der Waals surface area (Å²) in [6.07, 6.45) is -0.190. The van der Waals surface area contributed by atoms with Crippen molar-refractivity contribution in [1.82, 2.24) is 10.3 Å². The van der Waals surface area contributed by atoms with Gasteiger partial charge >= 0.3 is 5.97 Å². The SMILES string of the molecule is O=C(O)CCNC(=O)c1csc(NC(=O)c2ccc(F)cc2)n1. The zero-order valence-corrected chi connectivity index (χ0v) is 12.5. The third-order valence-corrected chi connectivity index (χ3v) is 3.45. The van der Waals surface area contributed by atoms with E-state index in [0.717, 1.165) is 23.5 Å². The Kier molecular flexibility index (Phi) is 5.36. The Balaban J connectivity index is 1.93. The highest BCUT2D eigenvalue weighted by Crippen LogP contribution is 2.16. The van der Waals surface area contributed by atoms with E-state index in [9.17, 15) is 18.8 Å². The second-order valence-corrected chi connectivity index (χ2v) is 5.26. The summed E-state index contributed by atoms with van der Waals surface area (Å²) >= 11 is 1.05. The van der Waals surface area contributed by atoms with E-state index in [4.69, 9.17) is 5.11 Å². The molecule has 0 aliphatic rings. The monoisotopic (exact) mass is 337 g/mol. The molecule has 0 saturated carbocycles. The van der Waals surface area contributed by atoms with E-state index in [-0.39, 0.29) is 29.4 Å². The lowest BCUT2D eigenvalue weighted by Crippen LogP contribution is -2.26. The number of anilines is 1. The van der Waals surface area contributed by atoms with Gasteiger partial charge in [0.25, 0.3) is 11.8 Å². The number of rotatable bonds is 6. The predicted octanol–water partition coefficient (Wildman–Crippen LogP) is 1.74. The molecule has 0 fully saturated rings. The molecule has 23 heavy (non-hydrogen) atoms. The van der Waals surface area contributed by atoms with E-state index < -0.39 is 23.6 Å². The average Bonchev–Trinajstić information content (AvgIpc) is 2.96. The standard InChI is InChI=1S/C14H12FN3O4S/c15-9-3-1-8(2-4-9)12(21)18-14-17-10(7-23-14)13(22)16-6-5-11(19)20/h1-4,7H,5-6H2,(H,16,22)(H,19,20)(H,17,18,21). The lowest BCUT2D eigenvalue weighted by Gasteiger charge is -2.02. The van der Waals surface area contributed by atoms with E-state index in [1.165, 1.54) is 17.5 Å². The fourth-order valence-corrected chi connectivity index (χ4v) is 2.27. The molecule has 1 aromatic heterocycles. The maximum absolute atomic E-state index is 12.8. The van der Waals surface area contributed by atoms with Crippen LogP contribution < -0.4 is 10.6 Å². The topological polar surface area (TPSA) is 108 Å². The normalized spacial score (nSPS) is 10.1. The Hall–Kier alpha value is -2.81. The second-order valence-electron chi connectivity index (χ2n) is 4.40. The third-order valence-electron chi connectivity index (χ3n) is 2.69. The number of aromatic nitrogens is 1. The third kappa shape index (κ3) is 4.85. The van der Waals surface area contributed by atoms with Gasteiger partial charge in [-0.15, -0.1) is 11.3 Å². The fourth-order valence-electron chi connectivity index (χ4n) is 1.58. The van der Waals surface area contributed by atoms with Gasteiger partial charge in [-0.1, -0.05) is 0 Å². The smallest absolute Gasteiger partial charge is 0.305 e. The summed E-state index contributed by atoms with van der Waals surface area (Å²) < 4.78 is 12.8. The zero-order valence-electron chi connectivity index (χ0n) is 11.7. The van der Waals surface area contributed by atoms with Gasteiger partial charge in [-0.2, -0.15) is 0 Å². The van der Waals surface area contributed by atoms with E-state index in [0.29, 0.717) is 0 Å². The Bertz CT molecular complexity index is 730. The molecule has 1 heterocycles. The number of hydrogen-bond donors (Lipinski definition) is 3. The molecule has 0 aliphatic carbocycles. The molecule has 2 amide bonds. The summed E-state index contributed by atoms with van der Waals surface area (Å²) in [6, 6.07) is 4.99. The number of carbonyl (C=O) groups is 3. The minimum Gasteiger partial charge on any atom is -0.481 e. The number of amides is 2. The van der Waals surface area contributed by atoms with Crippen molar-refractivity contribution in [3.05, 3.63) is 46.7 Å². The van der Waals surface area contributed by atoms with E-state index in [1.54, 1.807) is 0 Å². The van der Waals surface area contributed by atoms with E-state index >= 15 is 0 Å². The zero-order chi connectivity index (χ0) is 16.8. The van der Waals surface area contributed by atoms with Gasteiger partial charge in [-0.05, 0) is 24.3 Å². The number of thiazole rings is 1. The molecule has 2 rings (SSSR count). The summed E-state index contributed by atoms with van der Waals surface area (Å²) in [5.74, 6) is -2.46. The first-order valence-corrected chi connectivity index (χ1v) is 7.36. The Morgan fingerprint density at radius 2 is 1.87 bits per heavy atom. The van der Waals surface area contributed by atoms with Crippen molar-refractivity contribution in [2.75, 3.05) is 11.9 Å². The first-order chi connectivity index (χ1) is 11.0. The predicted molar refractivity (Wildman–Crippen MR) is 81.1 cm³/mol. The first kappa shape index (κ1) is 16.6. The van der Waals surface area contributed by atoms with Crippen molar-refractivity contribution in [1.29, 1.82) is 0 Å². The molecule has 0 bridgehead atoms. The van der Waals surface area contributed by atoms with Crippen LogP contribution in [-0.2, 0) is 4.79 Å². The van der Waals surface area contributed by atoms with Crippen molar-refractivity contribution in [3.8, 4) is 0 Å². The first-order valence-electron chi connectivity index (χ1n) is 6.48. The van der Waals surface area contributed by atoms with Crippen LogP contribution in [0.25, 0.3) is 0 Å². The average molecular weight is 337 g/mol. The Morgan fingerprint density at radius 3 is 2.52 bits per heavy atom. The maximum atomic E-state index is 12.8. The van der Waals surface area contributed by atoms with Crippen molar-refractivity contribution in [2.24, 2.45) is 0 Å². The van der Waals surface area contributed by atoms with Gasteiger partial charge in [0.1, 0.15) is 11.5 Å². The van der Waals surface area contributed by atoms with Crippen LogP contribution in [0.15, 0.2) is 29.6 Å². The van der Waals surface area contributed by atoms with Crippen molar-refractivity contribution < 1.29 is 23.9 Å². The van der Waals surface area contributed by atoms with Gasteiger partial charge in [0.2, 0.25) is 0 Å². The number of halogens is 1. The highest BCUT2D eigenvalue weighted by molar-refractivity contribution is 7.14. The molecule has 9 heteroatoms. The molecule has 0 unspecified atom stereocenters. The largest absolute Gasteiger partial charge is 0.481 e. The molecule has 0 spiro atoms. The number of nitrogens with zero attached hydrogens (tertiary/aromatic N) is 1. The van der Waals surface area contributed by atoms with Gasteiger partial charge in [0.05, 0.1) is 6.42 Å². The Labute approximate surface area is 134 Å². The number of carboxylic acid groups (broad SMARTS) is 1. The summed E-state index contributed by atoms with van der Waals surface area (Å²) in [5.41, 5.74) is 0.337. The molecule has 0 atom stereocenters. The summed E-state index contributed by atoms with van der Waals surface area (Å²) in [4.78, 5) is 37.9.